The van der Waals surface area contributed by atoms with Gasteiger partial charge in [0.1, 0.15) is 0 Å². The van der Waals surface area contributed by atoms with Crippen molar-refractivity contribution in [2.75, 3.05) is 18.4 Å². The molecule has 0 radical (unpaired) electrons. The van der Waals surface area contributed by atoms with Crippen LogP contribution in [0.25, 0.3) is 22.0 Å². The number of nitrogens with one attached hydrogen (secondary N) is 1. The fourth-order valence-electron chi connectivity index (χ4n) is 3.17. The highest BCUT2D eigenvalue weighted by molar-refractivity contribution is 5.86. The molecule has 1 fully saturated rings. The molecule has 1 saturated heterocycles. The van der Waals surface area contributed by atoms with Gasteiger partial charge in [0.2, 0.25) is 5.95 Å². The van der Waals surface area contributed by atoms with Crippen LogP contribution in [0.15, 0.2) is 54.7 Å². The number of carbonyl (C=O) groups is 1. The summed E-state index contributed by atoms with van der Waals surface area (Å²) in [4.78, 5) is 21.3. The Hall–Kier alpha value is -3.15. The van der Waals surface area contributed by atoms with Gasteiger partial charge < -0.3 is 15.3 Å². The van der Waals surface area contributed by atoms with Gasteiger partial charge in [0.25, 0.3) is 0 Å². The van der Waals surface area contributed by atoms with E-state index < -0.39 is 6.09 Å². The number of hydrogen-bond donors (Lipinski definition) is 2. The first kappa shape index (κ1) is 15.4. The van der Waals surface area contributed by atoms with Gasteiger partial charge in [0.05, 0.1) is 5.69 Å². The van der Waals surface area contributed by atoms with E-state index in [1.807, 2.05) is 18.2 Å². The summed E-state index contributed by atoms with van der Waals surface area (Å²) in [5.41, 5.74) is 1.87. The van der Waals surface area contributed by atoms with Crippen molar-refractivity contribution in [2.45, 2.75) is 12.5 Å². The average Bonchev–Trinajstić information content (AvgIpc) is 3.10. The number of amides is 1. The Morgan fingerprint density at radius 1 is 1.16 bits per heavy atom. The van der Waals surface area contributed by atoms with Crippen molar-refractivity contribution < 1.29 is 9.90 Å². The molecule has 2 heterocycles. The number of rotatable bonds is 3. The van der Waals surface area contributed by atoms with Crippen LogP contribution < -0.4 is 5.32 Å². The molecule has 3 aromatic rings. The van der Waals surface area contributed by atoms with Gasteiger partial charge in [0, 0.05) is 30.9 Å². The molecule has 25 heavy (non-hydrogen) atoms. The summed E-state index contributed by atoms with van der Waals surface area (Å²) in [6.45, 7) is 0.996. The number of likely N-dealkylation sites (tertiary alicyclic amines) is 1. The van der Waals surface area contributed by atoms with Crippen LogP contribution in [-0.4, -0.2) is 45.2 Å². The van der Waals surface area contributed by atoms with Crippen molar-refractivity contribution in [3.63, 3.8) is 0 Å². The van der Waals surface area contributed by atoms with Gasteiger partial charge in [-0.05, 0) is 29.3 Å². The quantitative estimate of drug-likeness (QED) is 0.767. The highest BCUT2D eigenvalue weighted by Crippen LogP contribution is 2.24. The Labute approximate surface area is 145 Å². The molecule has 1 amide bonds. The number of benzene rings is 2. The zero-order valence-electron chi connectivity index (χ0n) is 13.6. The van der Waals surface area contributed by atoms with E-state index in [-0.39, 0.29) is 6.04 Å². The third-order valence-electron chi connectivity index (χ3n) is 4.49. The molecule has 0 bridgehead atoms. The van der Waals surface area contributed by atoms with Crippen LogP contribution in [-0.2, 0) is 0 Å². The topological polar surface area (TPSA) is 78.4 Å². The summed E-state index contributed by atoms with van der Waals surface area (Å²) in [5.74, 6) is 0.530. The van der Waals surface area contributed by atoms with E-state index in [9.17, 15) is 4.79 Å². The Balaban J connectivity index is 1.55. The largest absolute Gasteiger partial charge is 0.465 e. The van der Waals surface area contributed by atoms with E-state index in [1.165, 1.54) is 15.7 Å². The predicted molar refractivity (Wildman–Crippen MR) is 96.6 cm³/mol. The minimum Gasteiger partial charge on any atom is -0.465 e. The average molecular weight is 334 g/mol. The summed E-state index contributed by atoms with van der Waals surface area (Å²) in [6.07, 6.45) is 1.61. The maximum absolute atomic E-state index is 11.0. The molecule has 2 N–H and O–H groups in total. The monoisotopic (exact) mass is 334 g/mol. The Morgan fingerprint density at radius 3 is 2.80 bits per heavy atom. The molecule has 6 nitrogen and oxygen atoms in total. The van der Waals surface area contributed by atoms with Crippen LogP contribution in [0.3, 0.4) is 0 Å². The van der Waals surface area contributed by atoms with Crippen LogP contribution in [0.1, 0.15) is 6.42 Å². The van der Waals surface area contributed by atoms with E-state index in [0.29, 0.717) is 19.0 Å². The predicted octanol–water partition coefficient (Wildman–Crippen LogP) is 3.46. The second-order valence-corrected chi connectivity index (χ2v) is 6.19. The van der Waals surface area contributed by atoms with Crippen LogP contribution in [0.4, 0.5) is 10.7 Å². The molecule has 0 spiro atoms. The summed E-state index contributed by atoms with van der Waals surface area (Å²) < 4.78 is 0. The van der Waals surface area contributed by atoms with Crippen molar-refractivity contribution in [3.8, 4) is 11.3 Å². The van der Waals surface area contributed by atoms with Crippen LogP contribution in [0.5, 0.6) is 0 Å². The number of aromatic nitrogens is 2. The van der Waals surface area contributed by atoms with Gasteiger partial charge >= 0.3 is 6.09 Å². The van der Waals surface area contributed by atoms with Crippen molar-refractivity contribution in [1.82, 2.24) is 14.9 Å². The highest BCUT2D eigenvalue weighted by atomic mass is 16.4. The fraction of sp³-hybridized carbons (Fsp3) is 0.211. The van der Waals surface area contributed by atoms with Gasteiger partial charge in [-0.3, -0.25) is 0 Å². The molecule has 1 aromatic heterocycles. The SMILES string of the molecule is O=C(O)N1CC[C@@H](Nc2nccc(-c3ccc4ccccc4c3)n2)C1. The minimum absolute atomic E-state index is 0.0444. The minimum atomic E-state index is -0.880. The Bertz CT molecular complexity index is 928. The van der Waals surface area contributed by atoms with Crippen molar-refractivity contribution in [1.29, 1.82) is 0 Å². The second kappa shape index (κ2) is 6.39. The van der Waals surface area contributed by atoms with Gasteiger partial charge in [-0.15, -0.1) is 0 Å². The maximum Gasteiger partial charge on any atom is 0.407 e. The molecular weight excluding hydrogens is 316 g/mol. The molecule has 2 aromatic carbocycles. The summed E-state index contributed by atoms with van der Waals surface area (Å²) >= 11 is 0. The van der Waals surface area contributed by atoms with Gasteiger partial charge in [-0.1, -0.05) is 36.4 Å². The molecule has 6 heteroatoms. The number of carboxylic acid groups (broad SMARTS) is 1. The molecule has 4 rings (SSSR count). The zero-order chi connectivity index (χ0) is 17.2. The standard InChI is InChI=1S/C19H18N4O2/c24-19(25)23-10-8-16(12-23)21-18-20-9-7-17(22-18)15-6-5-13-3-1-2-4-14(13)11-15/h1-7,9,11,16H,8,10,12H2,(H,24,25)(H,20,21,22)/t16-/m1/s1. The lowest BCUT2D eigenvalue weighted by Crippen LogP contribution is -2.30. The number of anilines is 1. The molecule has 126 valence electrons. The Kier molecular flexibility index (Phi) is 3.93. The lowest BCUT2D eigenvalue weighted by molar-refractivity contribution is 0.155. The van der Waals surface area contributed by atoms with E-state index >= 15 is 0 Å². The molecule has 1 aliphatic rings. The van der Waals surface area contributed by atoms with E-state index in [2.05, 4.69) is 45.6 Å². The molecule has 1 aliphatic heterocycles. The third kappa shape index (κ3) is 3.24. The van der Waals surface area contributed by atoms with Gasteiger partial charge in [-0.2, -0.15) is 0 Å². The van der Waals surface area contributed by atoms with Crippen molar-refractivity contribution in [2.24, 2.45) is 0 Å². The smallest absolute Gasteiger partial charge is 0.407 e. The summed E-state index contributed by atoms with van der Waals surface area (Å²) in [5, 5.41) is 14.6. The summed E-state index contributed by atoms with van der Waals surface area (Å²) in [7, 11) is 0. The van der Waals surface area contributed by atoms with E-state index in [4.69, 9.17) is 5.11 Å². The molecule has 0 aliphatic carbocycles. The zero-order valence-corrected chi connectivity index (χ0v) is 13.6. The van der Waals surface area contributed by atoms with Gasteiger partial charge in [0.15, 0.2) is 0 Å². The lowest BCUT2D eigenvalue weighted by atomic mass is 10.1. The van der Waals surface area contributed by atoms with Crippen LogP contribution >= 0.6 is 0 Å². The van der Waals surface area contributed by atoms with Crippen molar-refractivity contribution >= 4 is 22.8 Å². The number of hydrogen-bond acceptors (Lipinski definition) is 4. The fourth-order valence-corrected chi connectivity index (χ4v) is 3.17. The van der Waals surface area contributed by atoms with E-state index in [0.717, 1.165) is 17.7 Å². The lowest BCUT2D eigenvalue weighted by Gasteiger charge is -2.14. The second-order valence-electron chi connectivity index (χ2n) is 6.19. The van der Waals surface area contributed by atoms with Crippen LogP contribution in [0.2, 0.25) is 0 Å². The third-order valence-corrected chi connectivity index (χ3v) is 4.49. The molecule has 0 saturated carbocycles. The molecular formula is C19H18N4O2. The Morgan fingerprint density at radius 2 is 2.00 bits per heavy atom. The number of fused-ring (bicyclic) bond motifs is 1. The summed E-state index contributed by atoms with van der Waals surface area (Å²) in [6, 6.07) is 16.4. The first-order chi connectivity index (χ1) is 12.2. The van der Waals surface area contributed by atoms with Gasteiger partial charge in [-0.25, -0.2) is 14.8 Å². The normalized spacial score (nSPS) is 17.0. The van der Waals surface area contributed by atoms with Crippen molar-refractivity contribution in [3.05, 3.63) is 54.7 Å². The molecule has 1 atom stereocenters. The first-order valence-corrected chi connectivity index (χ1v) is 8.26. The first-order valence-electron chi connectivity index (χ1n) is 8.26. The molecule has 0 unspecified atom stereocenters. The maximum atomic E-state index is 11.0. The number of nitrogens with zero attached hydrogens (tertiary/aromatic N) is 3. The highest BCUT2D eigenvalue weighted by Gasteiger charge is 2.26. The van der Waals surface area contributed by atoms with Crippen LogP contribution in [0, 0.1) is 0 Å². The van der Waals surface area contributed by atoms with E-state index in [1.54, 1.807) is 6.20 Å².